The van der Waals surface area contributed by atoms with Gasteiger partial charge in [0.15, 0.2) is 0 Å². The number of rotatable bonds is 2. The second-order valence-corrected chi connectivity index (χ2v) is 3.39. The SMILES string of the molecule is Nc1nonc1-n1cc(-c2ccccc2)nn1. The molecule has 0 saturated heterocycles. The van der Waals surface area contributed by atoms with Crippen LogP contribution in [0.15, 0.2) is 41.2 Å². The Labute approximate surface area is 95.8 Å². The van der Waals surface area contributed by atoms with Gasteiger partial charge in [0.25, 0.3) is 0 Å². The molecule has 0 aliphatic rings. The van der Waals surface area contributed by atoms with Crippen molar-refractivity contribution in [2.45, 2.75) is 0 Å². The number of anilines is 1. The third-order valence-corrected chi connectivity index (χ3v) is 2.28. The van der Waals surface area contributed by atoms with E-state index in [0.717, 1.165) is 11.3 Å². The molecule has 2 aromatic heterocycles. The Morgan fingerprint density at radius 1 is 1.12 bits per heavy atom. The number of nitrogen functional groups attached to an aromatic ring is 1. The van der Waals surface area contributed by atoms with Crippen molar-refractivity contribution in [1.82, 2.24) is 25.3 Å². The first-order chi connectivity index (χ1) is 8.34. The molecule has 0 saturated carbocycles. The van der Waals surface area contributed by atoms with Crippen molar-refractivity contribution >= 4 is 5.82 Å². The molecule has 0 aliphatic carbocycles. The maximum atomic E-state index is 5.56. The van der Waals surface area contributed by atoms with Crippen LogP contribution in [0.25, 0.3) is 17.1 Å². The standard InChI is InChI=1S/C10H8N6O/c11-9-10(14-17-13-9)16-6-8(12-15-16)7-4-2-1-3-5-7/h1-6H,(H2,11,13). The molecule has 0 amide bonds. The van der Waals surface area contributed by atoms with Gasteiger partial charge in [0.1, 0.15) is 5.69 Å². The van der Waals surface area contributed by atoms with Crippen LogP contribution in [0.3, 0.4) is 0 Å². The highest BCUT2D eigenvalue weighted by atomic mass is 16.6. The molecule has 0 atom stereocenters. The molecule has 1 aromatic carbocycles. The van der Waals surface area contributed by atoms with E-state index in [1.54, 1.807) is 6.20 Å². The first-order valence-corrected chi connectivity index (χ1v) is 4.91. The normalized spacial score (nSPS) is 10.6. The Bertz CT molecular complexity index is 629. The topological polar surface area (TPSA) is 95.7 Å². The van der Waals surface area contributed by atoms with Crippen molar-refractivity contribution in [2.24, 2.45) is 0 Å². The molecule has 0 aliphatic heterocycles. The van der Waals surface area contributed by atoms with Gasteiger partial charge in [0.05, 0.1) is 6.20 Å². The molecule has 84 valence electrons. The molecular formula is C10H8N6O. The van der Waals surface area contributed by atoms with Crippen LogP contribution in [0.2, 0.25) is 0 Å². The fourth-order valence-electron chi connectivity index (χ4n) is 1.46. The van der Waals surface area contributed by atoms with Gasteiger partial charge in [0.2, 0.25) is 11.6 Å². The minimum atomic E-state index is 0.175. The van der Waals surface area contributed by atoms with Crippen LogP contribution >= 0.6 is 0 Å². The average molecular weight is 228 g/mol. The van der Waals surface area contributed by atoms with Crippen LogP contribution in [0.1, 0.15) is 0 Å². The zero-order valence-corrected chi connectivity index (χ0v) is 8.69. The van der Waals surface area contributed by atoms with E-state index >= 15 is 0 Å². The highest BCUT2D eigenvalue weighted by Crippen LogP contribution is 2.17. The molecule has 7 heteroatoms. The van der Waals surface area contributed by atoms with E-state index in [9.17, 15) is 0 Å². The van der Waals surface area contributed by atoms with E-state index in [2.05, 4.69) is 25.3 Å². The molecule has 0 spiro atoms. The number of nitrogens with zero attached hydrogens (tertiary/aromatic N) is 5. The monoisotopic (exact) mass is 228 g/mol. The number of benzene rings is 1. The summed E-state index contributed by atoms with van der Waals surface area (Å²) in [6, 6.07) is 9.69. The van der Waals surface area contributed by atoms with Gasteiger partial charge in [0, 0.05) is 5.56 Å². The Morgan fingerprint density at radius 3 is 2.65 bits per heavy atom. The van der Waals surface area contributed by atoms with Gasteiger partial charge in [-0.15, -0.1) is 5.10 Å². The molecule has 0 radical (unpaired) electrons. The summed E-state index contributed by atoms with van der Waals surface area (Å²) >= 11 is 0. The lowest BCUT2D eigenvalue weighted by atomic mass is 10.2. The van der Waals surface area contributed by atoms with Crippen molar-refractivity contribution < 1.29 is 4.63 Å². The second kappa shape index (κ2) is 3.71. The third kappa shape index (κ3) is 1.63. The van der Waals surface area contributed by atoms with Gasteiger partial charge < -0.3 is 5.73 Å². The minimum Gasteiger partial charge on any atom is -0.378 e. The zero-order chi connectivity index (χ0) is 11.7. The van der Waals surface area contributed by atoms with E-state index in [-0.39, 0.29) is 5.82 Å². The first-order valence-electron chi connectivity index (χ1n) is 4.91. The lowest BCUT2D eigenvalue weighted by Crippen LogP contribution is -1.99. The lowest BCUT2D eigenvalue weighted by molar-refractivity contribution is 0.307. The van der Waals surface area contributed by atoms with Gasteiger partial charge in [-0.05, 0) is 10.3 Å². The smallest absolute Gasteiger partial charge is 0.243 e. The average Bonchev–Trinajstić information content (AvgIpc) is 2.98. The predicted octanol–water partition coefficient (Wildman–Crippen LogP) is 0.899. The lowest BCUT2D eigenvalue weighted by Gasteiger charge is -1.93. The summed E-state index contributed by atoms with van der Waals surface area (Å²) in [5.41, 5.74) is 7.26. The number of hydrogen-bond donors (Lipinski definition) is 1. The molecule has 0 fully saturated rings. The van der Waals surface area contributed by atoms with Crippen LogP contribution in [0.4, 0.5) is 5.82 Å². The molecule has 0 bridgehead atoms. The predicted molar refractivity (Wildman–Crippen MR) is 59.1 cm³/mol. The van der Waals surface area contributed by atoms with Crippen molar-refractivity contribution in [1.29, 1.82) is 0 Å². The maximum absolute atomic E-state index is 5.56. The highest BCUT2D eigenvalue weighted by Gasteiger charge is 2.11. The summed E-state index contributed by atoms with van der Waals surface area (Å²) < 4.78 is 5.93. The fraction of sp³-hybridized carbons (Fsp3) is 0. The van der Waals surface area contributed by atoms with Crippen molar-refractivity contribution in [2.75, 3.05) is 5.73 Å². The Kier molecular flexibility index (Phi) is 2.08. The van der Waals surface area contributed by atoms with Crippen LogP contribution in [0.5, 0.6) is 0 Å². The van der Waals surface area contributed by atoms with E-state index < -0.39 is 0 Å². The highest BCUT2D eigenvalue weighted by molar-refractivity contribution is 5.58. The van der Waals surface area contributed by atoms with Gasteiger partial charge in [-0.3, -0.25) is 0 Å². The molecular weight excluding hydrogens is 220 g/mol. The van der Waals surface area contributed by atoms with Crippen LogP contribution < -0.4 is 5.73 Å². The van der Waals surface area contributed by atoms with Gasteiger partial charge in [-0.2, -0.15) is 4.68 Å². The van der Waals surface area contributed by atoms with Gasteiger partial charge in [-0.25, -0.2) is 4.63 Å². The number of nitrogens with two attached hydrogens (primary N) is 1. The Hall–Kier alpha value is -2.70. The summed E-state index contributed by atoms with van der Waals surface area (Å²) in [6.45, 7) is 0. The molecule has 17 heavy (non-hydrogen) atoms. The molecule has 0 unspecified atom stereocenters. The van der Waals surface area contributed by atoms with Crippen molar-refractivity contribution in [3.05, 3.63) is 36.5 Å². The van der Waals surface area contributed by atoms with E-state index in [0.29, 0.717) is 5.82 Å². The third-order valence-electron chi connectivity index (χ3n) is 2.28. The molecule has 7 nitrogen and oxygen atoms in total. The Morgan fingerprint density at radius 2 is 1.94 bits per heavy atom. The van der Waals surface area contributed by atoms with Crippen molar-refractivity contribution in [3.63, 3.8) is 0 Å². The van der Waals surface area contributed by atoms with Crippen LogP contribution in [-0.4, -0.2) is 25.3 Å². The van der Waals surface area contributed by atoms with E-state index in [1.165, 1.54) is 4.68 Å². The van der Waals surface area contributed by atoms with E-state index in [4.69, 9.17) is 5.73 Å². The number of hydrogen-bond acceptors (Lipinski definition) is 6. The molecule has 2 N–H and O–H groups in total. The summed E-state index contributed by atoms with van der Waals surface area (Å²) in [5.74, 6) is 0.509. The zero-order valence-electron chi connectivity index (χ0n) is 8.69. The first kappa shape index (κ1) is 9.52. The quantitative estimate of drug-likeness (QED) is 0.700. The molecule has 3 rings (SSSR count). The summed E-state index contributed by atoms with van der Waals surface area (Å²) in [5, 5.41) is 15.1. The van der Waals surface area contributed by atoms with E-state index in [1.807, 2.05) is 30.3 Å². The summed E-state index contributed by atoms with van der Waals surface area (Å²) in [4.78, 5) is 0. The molecule has 2 heterocycles. The second-order valence-electron chi connectivity index (χ2n) is 3.39. The maximum Gasteiger partial charge on any atom is 0.243 e. The minimum absolute atomic E-state index is 0.175. The summed E-state index contributed by atoms with van der Waals surface area (Å²) in [6.07, 6.45) is 1.71. The largest absolute Gasteiger partial charge is 0.378 e. The Balaban J connectivity index is 2.02. The molecule has 3 aromatic rings. The van der Waals surface area contributed by atoms with Crippen LogP contribution in [-0.2, 0) is 0 Å². The number of aromatic nitrogens is 5. The van der Waals surface area contributed by atoms with Gasteiger partial charge >= 0.3 is 0 Å². The van der Waals surface area contributed by atoms with Crippen molar-refractivity contribution in [3.8, 4) is 17.1 Å². The van der Waals surface area contributed by atoms with Crippen LogP contribution in [0, 0.1) is 0 Å². The fourth-order valence-corrected chi connectivity index (χ4v) is 1.46. The van der Waals surface area contributed by atoms with Gasteiger partial charge in [-0.1, -0.05) is 35.5 Å². The summed E-state index contributed by atoms with van der Waals surface area (Å²) in [7, 11) is 0.